The van der Waals surface area contributed by atoms with Crippen LogP contribution in [0.4, 0.5) is 0 Å². The van der Waals surface area contributed by atoms with Gasteiger partial charge in [0.25, 0.3) is 11.8 Å². The van der Waals surface area contributed by atoms with Crippen LogP contribution in [0.1, 0.15) is 87.9 Å². The first-order valence-electron chi connectivity index (χ1n) is 24.6. The fourth-order valence-electron chi connectivity index (χ4n) is 7.25. The molecule has 0 unspecified atom stereocenters. The Morgan fingerprint density at radius 1 is 0.486 bits per heavy atom. The minimum Gasteiger partial charge on any atom is -0.352 e. The summed E-state index contributed by atoms with van der Waals surface area (Å²) in [4.78, 5) is 35.4. The second-order valence-electron chi connectivity index (χ2n) is 16.1. The minimum absolute atomic E-state index is 0.131. The van der Waals surface area contributed by atoms with E-state index >= 15 is 0 Å². The molecule has 6 heterocycles. The molecule has 6 aromatic rings. The second-order valence-corrected chi connectivity index (χ2v) is 21.6. The molecule has 0 aliphatic rings. The zero-order valence-corrected chi connectivity index (χ0v) is 45.3. The van der Waals surface area contributed by atoms with Gasteiger partial charge in [0.2, 0.25) is 0 Å². The predicted octanol–water partition coefficient (Wildman–Crippen LogP) is 6.23. The molecule has 6 aromatic heterocycles. The molecule has 402 valence electrons. The third-order valence-electron chi connectivity index (χ3n) is 10.5. The summed E-state index contributed by atoms with van der Waals surface area (Å²) in [5.41, 5.74) is 3.96. The highest BCUT2D eigenvalue weighted by Gasteiger charge is 2.25. The lowest BCUT2D eigenvalue weighted by Crippen LogP contribution is -2.22. The van der Waals surface area contributed by atoms with Gasteiger partial charge in [0, 0.05) is 50.4 Å². The van der Waals surface area contributed by atoms with Crippen molar-refractivity contribution in [3.05, 3.63) is 60.2 Å². The summed E-state index contributed by atoms with van der Waals surface area (Å²) >= 11 is 0. The summed E-state index contributed by atoms with van der Waals surface area (Å²) in [5, 5.41) is 39.6. The quantitative estimate of drug-likeness (QED) is 0.0334. The zero-order valence-electron chi connectivity index (χ0n) is 42.5. The maximum Gasteiger partial charge on any atom is 0.330 e. The van der Waals surface area contributed by atoms with Crippen molar-refractivity contribution in [1.82, 2.24) is 80.6 Å². The smallest absolute Gasteiger partial charge is 0.330 e. The maximum absolute atomic E-state index is 13.0. The Morgan fingerprint density at radius 3 is 1.07 bits per heavy atom. The first-order chi connectivity index (χ1) is 35.8. The van der Waals surface area contributed by atoms with Gasteiger partial charge in [0.15, 0.2) is 0 Å². The summed E-state index contributed by atoms with van der Waals surface area (Å²) < 4.78 is 77.3. The first kappa shape index (κ1) is 57.5. The molecule has 0 atom stereocenters. The minimum atomic E-state index is -3.20. The van der Waals surface area contributed by atoms with Gasteiger partial charge in [-0.3, -0.25) is 42.0 Å². The molecule has 0 saturated carbocycles. The number of amides is 2. The van der Waals surface area contributed by atoms with Crippen molar-refractivity contribution in [2.45, 2.75) is 93.4 Å². The molecule has 2 amide bonds. The van der Waals surface area contributed by atoms with E-state index in [0.29, 0.717) is 122 Å². The van der Waals surface area contributed by atoms with E-state index in [1.165, 1.54) is 0 Å². The average Bonchev–Trinajstić information content (AvgIpc) is 4.24. The number of aryl methyl sites for hydroxylation is 4. The molecular formula is C44H65N16O11P3. The van der Waals surface area contributed by atoms with Gasteiger partial charge in [-0.05, 0) is 91.5 Å². The van der Waals surface area contributed by atoms with Gasteiger partial charge in [-0.2, -0.15) is 0 Å². The number of rotatable bonds is 34. The molecule has 0 fully saturated rings. The van der Waals surface area contributed by atoms with Gasteiger partial charge >= 0.3 is 23.4 Å². The monoisotopic (exact) mass is 1090 g/mol. The number of pyridine rings is 2. The fraction of sp³-hybridized carbons (Fsp3) is 0.545. The number of aromatic nitrogens is 14. The topological polar surface area (TPSA) is 313 Å². The third kappa shape index (κ3) is 17.1. The molecule has 0 aromatic carbocycles. The molecule has 0 bridgehead atoms. The Balaban J connectivity index is 0.972. The van der Waals surface area contributed by atoms with Gasteiger partial charge in [-0.1, -0.05) is 20.9 Å². The molecule has 6 rings (SSSR count). The SMILES string of the molecule is CCNC(=O)c1cc(-c2cn(CCCO[PH](=O)OCCCn3cc(-c4cc(C(=O)NCC)cc(-c5cn(CCCP(=O)(OCC)OCC)nn5)n4)nn3)nn2)nc(-c2cn(CCCP(=O)(OCC)OCC)nn2)c1. The number of nitrogens with one attached hydrogen (secondary N) is 2. The summed E-state index contributed by atoms with van der Waals surface area (Å²) in [6, 6.07) is 6.50. The van der Waals surface area contributed by atoms with E-state index in [-0.39, 0.29) is 63.8 Å². The van der Waals surface area contributed by atoms with Crippen LogP contribution in [-0.2, 0) is 67.0 Å². The van der Waals surface area contributed by atoms with Gasteiger partial charge in [-0.25, -0.2) is 9.97 Å². The van der Waals surface area contributed by atoms with Crippen LogP contribution >= 0.6 is 23.4 Å². The lowest BCUT2D eigenvalue weighted by molar-refractivity contribution is 0.0947. The Hall–Kier alpha value is -5.75. The van der Waals surface area contributed by atoms with Crippen molar-refractivity contribution < 1.29 is 50.4 Å². The van der Waals surface area contributed by atoms with Crippen LogP contribution in [-0.4, -0.2) is 147 Å². The van der Waals surface area contributed by atoms with Crippen molar-refractivity contribution in [3.8, 4) is 45.6 Å². The highest BCUT2D eigenvalue weighted by Crippen LogP contribution is 2.49. The number of hydrogen-bond donors (Lipinski definition) is 2. The van der Waals surface area contributed by atoms with E-state index in [2.05, 4.69) is 51.9 Å². The maximum atomic E-state index is 13.0. The molecule has 74 heavy (non-hydrogen) atoms. The van der Waals surface area contributed by atoms with Crippen molar-refractivity contribution >= 4 is 35.3 Å². The van der Waals surface area contributed by atoms with E-state index in [9.17, 15) is 23.3 Å². The van der Waals surface area contributed by atoms with Crippen LogP contribution < -0.4 is 10.6 Å². The fourth-order valence-corrected chi connectivity index (χ4v) is 11.3. The lowest BCUT2D eigenvalue weighted by atomic mass is 10.1. The molecule has 2 N–H and O–H groups in total. The van der Waals surface area contributed by atoms with E-state index < -0.39 is 23.4 Å². The van der Waals surface area contributed by atoms with Gasteiger partial charge in [0.05, 0.1) is 99.5 Å². The average molecular weight is 1090 g/mol. The van der Waals surface area contributed by atoms with Crippen molar-refractivity contribution in [2.24, 2.45) is 0 Å². The van der Waals surface area contributed by atoms with Crippen molar-refractivity contribution in [3.63, 3.8) is 0 Å². The lowest BCUT2D eigenvalue weighted by Gasteiger charge is -2.16. The molecule has 0 radical (unpaired) electrons. The molecular weight excluding hydrogens is 1020 g/mol. The standard InChI is InChI=1S/C44H65N16O11P3/c1-7-45-43(61)33-25-35(47-37(27-33)41-31-59(55-51-41)19-15-23-73(64,68-9-3)69-10-4)39-29-57(53-49-39)17-13-21-66-72(63)67-22-14-18-58-30-40(50-54-58)36-26-34(44(62)46-8-2)28-38(48-36)42-32-60(56-52-42)20-16-24-74(65,70-11-5)71-12-6/h25-32,72H,7-24H2,1-6H3,(H,45,61)(H,46,62). The van der Waals surface area contributed by atoms with Crippen LogP contribution in [0.25, 0.3) is 45.6 Å². The molecule has 0 spiro atoms. The van der Waals surface area contributed by atoms with Crippen LogP contribution in [0.15, 0.2) is 49.1 Å². The van der Waals surface area contributed by atoms with Gasteiger partial charge in [0.1, 0.15) is 22.8 Å². The van der Waals surface area contributed by atoms with E-state index in [4.69, 9.17) is 37.1 Å². The number of hydrogen-bond acceptors (Lipinski definition) is 21. The summed E-state index contributed by atoms with van der Waals surface area (Å²) in [6.45, 7) is 14.5. The van der Waals surface area contributed by atoms with E-state index in [1.54, 1.807) is 95.5 Å². The summed E-state index contributed by atoms with van der Waals surface area (Å²) in [6.07, 6.45) is 9.06. The van der Waals surface area contributed by atoms with Crippen LogP contribution in [0, 0.1) is 0 Å². The Bertz CT molecular complexity index is 2670. The molecule has 27 nitrogen and oxygen atoms in total. The molecule has 0 aliphatic carbocycles. The largest absolute Gasteiger partial charge is 0.352 e. The Kier molecular flexibility index (Phi) is 22.4. The zero-order chi connectivity index (χ0) is 52.9. The first-order valence-corrected chi connectivity index (χ1v) is 29.3. The predicted molar refractivity (Wildman–Crippen MR) is 271 cm³/mol. The summed E-state index contributed by atoms with van der Waals surface area (Å²) in [7, 11) is -9.21. The number of carbonyl (C=O) groups excluding carboxylic acids is 2. The number of nitrogens with zero attached hydrogens (tertiary/aromatic N) is 14. The summed E-state index contributed by atoms with van der Waals surface area (Å²) in [5.74, 6) is -0.598. The molecule has 0 aliphatic heterocycles. The van der Waals surface area contributed by atoms with Crippen LogP contribution in [0.3, 0.4) is 0 Å². The molecule has 30 heteroatoms. The van der Waals surface area contributed by atoms with Crippen LogP contribution in [0.2, 0.25) is 0 Å². The van der Waals surface area contributed by atoms with Crippen LogP contribution in [0.5, 0.6) is 0 Å². The van der Waals surface area contributed by atoms with Crippen molar-refractivity contribution in [1.29, 1.82) is 0 Å². The highest BCUT2D eigenvalue weighted by atomic mass is 31.2. The van der Waals surface area contributed by atoms with Crippen molar-refractivity contribution in [2.75, 3.05) is 65.1 Å². The normalized spacial score (nSPS) is 12.0. The van der Waals surface area contributed by atoms with E-state index in [0.717, 1.165) is 0 Å². The highest BCUT2D eigenvalue weighted by molar-refractivity contribution is 7.54. The third-order valence-corrected chi connectivity index (χ3v) is 15.7. The van der Waals surface area contributed by atoms with Gasteiger partial charge in [-0.15, -0.1) is 20.4 Å². The van der Waals surface area contributed by atoms with E-state index in [1.807, 2.05) is 13.8 Å². The van der Waals surface area contributed by atoms with Gasteiger partial charge < -0.3 is 37.8 Å². The second kappa shape index (κ2) is 28.8. The number of carbonyl (C=O) groups is 2. The Morgan fingerprint density at radius 2 is 0.784 bits per heavy atom. The Labute approximate surface area is 429 Å². The molecule has 0 saturated heterocycles.